The Morgan fingerprint density at radius 3 is 2.52 bits per heavy atom. The lowest BCUT2D eigenvalue weighted by molar-refractivity contribution is -0.137. The van der Waals surface area contributed by atoms with Crippen molar-refractivity contribution in [3.05, 3.63) is 23.9 Å². The number of unbranched alkanes of at least 4 members (excludes halogenated alkanes) is 1. The third-order valence-corrected chi connectivity index (χ3v) is 6.36. The number of nitrogens with two attached hydrogens (primary N) is 1. The van der Waals surface area contributed by atoms with Crippen LogP contribution in [0.2, 0.25) is 0 Å². The summed E-state index contributed by atoms with van der Waals surface area (Å²) in [7, 11) is 0. The van der Waals surface area contributed by atoms with Gasteiger partial charge in [-0.1, -0.05) is 6.42 Å². The molecule has 1 aromatic heterocycles. The molecule has 1 aromatic rings. The quantitative estimate of drug-likeness (QED) is 0.668. The summed E-state index contributed by atoms with van der Waals surface area (Å²) in [4.78, 5) is 22.4. The molecule has 0 saturated carbocycles. The molecule has 10 heteroatoms. The lowest BCUT2D eigenvalue weighted by Gasteiger charge is -2.35. The standard InChI is InChI=1S/C19H28F3N5OS/c20-19(21,22)15-4-5-17(24-13-15)26-9-7-25(8-10-26)6-2-1-3-16(23)18(28)27-11-12-29-14-27/h4-5,13,16H,1-3,6-12,14,23H2/t16-/m0/s1. The smallest absolute Gasteiger partial charge is 0.354 e. The largest absolute Gasteiger partial charge is 0.417 e. The first kappa shape index (κ1) is 22.2. The first-order valence-electron chi connectivity index (χ1n) is 9.97. The molecule has 6 nitrogen and oxygen atoms in total. The van der Waals surface area contributed by atoms with E-state index in [0.29, 0.717) is 12.2 Å². The molecule has 162 valence electrons. The summed E-state index contributed by atoms with van der Waals surface area (Å²) in [5, 5.41) is 0. The minimum absolute atomic E-state index is 0.0626. The number of nitrogens with zero attached hydrogens (tertiary/aromatic N) is 4. The molecule has 0 aliphatic carbocycles. The number of thioether (sulfide) groups is 1. The van der Waals surface area contributed by atoms with E-state index in [1.807, 2.05) is 9.80 Å². The van der Waals surface area contributed by atoms with Crippen LogP contribution in [0, 0.1) is 0 Å². The van der Waals surface area contributed by atoms with Gasteiger partial charge in [0, 0.05) is 44.7 Å². The Balaban J connectivity index is 1.33. The summed E-state index contributed by atoms with van der Waals surface area (Å²) in [5.41, 5.74) is 5.32. The average Bonchev–Trinajstić information content (AvgIpc) is 3.25. The number of carbonyl (C=O) groups is 1. The average molecular weight is 432 g/mol. The number of anilines is 1. The normalized spacial score (nSPS) is 19.6. The molecule has 2 aliphatic heterocycles. The molecular weight excluding hydrogens is 403 g/mol. The van der Waals surface area contributed by atoms with Gasteiger partial charge in [0.15, 0.2) is 0 Å². The number of aromatic nitrogens is 1. The molecule has 0 radical (unpaired) electrons. The SMILES string of the molecule is N[C@@H](CCCCN1CCN(c2ccc(C(F)(F)F)cn2)CC1)C(=O)N1CCSC1. The van der Waals surface area contributed by atoms with Crippen LogP contribution >= 0.6 is 11.8 Å². The van der Waals surface area contributed by atoms with Crippen LogP contribution in [-0.2, 0) is 11.0 Å². The summed E-state index contributed by atoms with van der Waals surface area (Å²) < 4.78 is 37.9. The van der Waals surface area contributed by atoms with E-state index in [9.17, 15) is 18.0 Å². The third-order valence-electron chi connectivity index (χ3n) is 5.39. The molecule has 3 rings (SSSR count). The highest BCUT2D eigenvalue weighted by Gasteiger charge is 2.31. The molecule has 2 N–H and O–H groups in total. The number of pyridine rings is 1. The maximum Gasteiger partial charge on any atom is 0.417 e. The Labute approximate surface area is 173 Å². The molecule has 0 bridgehead atoms. The van der Waals surface area contributed by atoms with Gasteiger partial charge >= 0.3 is 6.18 Å². The molecule has 0 aromatic carbocycles. The van der Waals surface area contributed by atoms with Gasteiger partial charge in [0.2, 0.25) is 5.91 Å². The summed E-state index contributed by atoms with van der Waals surface area (Å²) >= 11 is 1.76. The molecule has 2 aliphatic rings. The van der Waals surface area contributed by atoms with Crippen LogP contribution in [0.15, 0.2) is 18.3 Å². The molecule has 2 fully saturated rings. The van der Waals surface area contributed by atoms with E-state index in [4.69, 9.17) is 5.73 Å². The number of rotatable bonds is 7. The second kappa shape index (κ2) is 9.99. The van der Waals surface area contributed by atoms with Crippen LogP contribution in [0.1, 0.15) is 24.8 Å². The Morgan fingerprint density at radius 2 is 1.93 bits per heavy atom. The van der Waals surface area contributed by atoms with Crippen LogP contribution in [0.5, 0.6) is 0 Å². The Kier molecular flexibility index (Phi) is 7.64. The lowest BCUT2D eigenvalue weighted by atomic mass is 10.1. The lowest BCUT2D eigenvalue weighted by Crippen LogP contribution is -2.47. The molecular formula is C19H28F3N5OS. The van der Waals surface area contributed by atoms with Crippen LogP contribution < -0.4 is 10.6 Å². The fourth-order valence-corrected chi connectivity index (χ4v) is 4.54. The van der Waals surface area contributed by atoms with Gasteiger partial charge in [-0.15, -0.1) is 11.8 Å². The number of hydrogen-bond donors (Lipinski definition) is 1. The zero-order valence-electron chi connectivity index (χ0n) is 16.4. The molecule has 29 heavy (non-hydrogen) atoms. The number of piperazine rings is 1. The van der Waals surface area contributed by atoms with Crippen molar-refractivity contribution in [2.45, 2.75) is 31.5 Å². The van der Waals surface area contributed by atoms with Crippen molar-refractivity contribution in [1.29, 1.82) is 0 Å². The van der Waals surface area contributed by atoms with E-state index in [1.54, 1.807) is 11.8 Å². The van der Waals surface area contributed by atoms with Crippen LogP contribution in [0.4, 0.5) is 19.0 Å². The number of hydrogen-bond acceptors (Lipinski definition) is 6. The zero-order valence-corrected chi connectivity index (χ0v) is 17.2. The Morgan fingerprint density at radius 1 is 1.17 bits per heavy atom. The monoisotopic (exact) mass is 431 g/mol. The fourth-order valence-electron chi connectivity index (χ4n) is 3.59. The minimum Gasteiger partial charge on any atom is -0.354 e. The van der Waals surface area contributed by atoms with E-state index in [1.165, 1.54) is 6.07 Å². The van der Waals surface area contributed by atoms with Crippen LogP contribution in [-0.4, -0.2) is 77.6 Å². The van der Waals surface area contributed by atoms with E-state index in [-0.39, 0.29) is 5.91 Å². The molecule has 0 spiro atoms. The summed E-state index contributed by atoms with van der Waals surface area (Å²) in [5.74, 6) is 2.40. The number of halogens is 3. The second-order valence-corrected chi connectivity index (χ2v) is 8.55. The topological polar surface area (TPSA) is 65.7 Å². The van der Waals surface area contributed by atoms with Crippen molar-refractivity contribution in [1.82, 2.24) is 14.8 Å². The van der Waals surface area contributed by atoms with Crippen molar-refractivity contribution >= 4 is 23.5 Å². The Bertz CT molecular complexity index is 659. The molecule has 1 atom stereocenters. The van der Waals surface area contributed by atoms with E-state index < -0.39 is 17.8 Å². The fraction of sp³-hybridized carbons (Fsp3) is 0.684. The van der Waals surface area contributed by atoms with Gasteiger partial charge in [-0.05, 0) is 31.5 Å². The van der Waals surface area contributed by atoms with Crippen LogP contribution in [0.3, 0.4) is 0 Å². The highest BCUT2D eigenvalue weighted by atomic mass is 32.2. The number of alkyl halides is 3. The van der Waals surface area contributed by atoms with Gasteiger partial charge < -0.3 is 15.5 Å². The highest BCUT2D eigenvalue weighted by molar-refractivity contribution is 7.99. The molecule has 1 amide bonds. The van der Waals surface area contributed by atoms with Crippen molar-refractivity contribution in [3.8, 4) is 0 Å². The van der Waals surface area contributed by atoms with Crippen LogP contribution in [0.25, 0.3) is 0 Å². The van der Waals surface area contributed by atoms with Gasteiger partial charge in [0.1, 0.15) is 5.82 Å². The highest BCUT2D eigenvalue weighted by Crippen LogP contribution is 2.29. The number of carbonyl (C=O) groups excluding carboxylic acids is 1. The maximum absolute atomic E-state index is 12.6. The van der Waals surface area contributed by atoms with Crippen molar-refractivity contribution < 1.29 is 18.0 Å². The third kappa shape index (κ3) is 6.23. The summed E-state index contributed by atoms with van der Waals surface area (Å²) in [6.45, 7) is 4.91. The molecule has 2 saturated heterocycles. The summed E-state index contributed by atoms with van der Waals surface area (Å²) in [6.07, 6.45) is -0.865. The predicted molar refractivity (Wildman–Crippen MR) is 109 cm³/mol. The van der Waals surface area contributed by atoms with E-state index in [2.05, 4.69) is 9.88 Å². The number of amides is 1. The van der Waals surface area contributed by atoms with E-state index >= 15 is 0 Å². The second-order valence-electron chi connectivity index (χ2n) is 7.47. The van der Waals surface area contributed by atoms with Crippen molar-refractivity contribution in [2.75, 3.05) is 55.8 Å². The van der Waals surface area contributed by atoms with Crippen molar-refractivity contribution in [3.63, 3.8) is 0 Å². The van der Waals surface area contributed by atoms with Gasteiger partial charge in [0.05, 0.1) is 17.5 Å². The first-order chi connectivity index (χ1) is 13.8. The van der Waals surface area contributed by atoms with Gasteiger partial charge in [0.25, 0.3) is 0 Å². The van der Waals surface area contributed by atoms with Crippen molar-refractivity contribution in [2.24, 2.45) is 5.73 Å². The minimum atomic E-state index is -4.36. The van der Waals surface area contributed by atoms with Gasteiger partial charge in [-0.2, -0.15) is 13.2 Å². The molecule has 3 heterocycles. The predicted octanol–water partition coefficient (Wildman–Crippen LogP) is 2.25. The Hall–Kier alpha value is -1.52. The van der Waals surface area contributed by atoms with Gasteiger partial charge in [-0.25, -0.2) is 4.98 Å². The summed E-state index contributed by atoms with van der Waals surface area (Å²) in [6, 6.07) is 2.12. The van der Waals surface area contributed by atoms with Gasteiger partial charge in [-0.3, -0.25) is 9.69 Å². The zero-order chi connectivity index (χ0) is 20.9. The van der Waals surface area contributed by atoms with E-state index in [0.717, 1.165) is 76.0 Å². The molecule has 0 unspecified atom stereocenters. The maximum atomic E-state index is 12.6. The first-order valence-corrected chi connectivity index (χ1v) is 11.1.